The molecule has 0 aliphatic carbocycles. The van der Waals surface area contributed by atoms with E-state index >= 15 is 0 Å². The lowest BCUT2D eigenvalue weighted by Crippen LogP contribution is -2.20. The number of aryl methyl sites for hydroxylation is 1. The van der Waals surface area contributed by atoms with Crippen molar-refractivity contribution in [2.24, 2.45) is 0 Å². The van der Waals surface area contributed by atoms with Crippen LogP contribution >= 0.6 is 23.8 Å². The first-order valence-corrected chi connectivity index (χ1v) is 10.2. The van der Waals surface area contributed by atoms with Crippen LogP contribution in [0.5, 0.6) is 0 Å². The molecule has 0 atom stereocenters. The van der Waals surface area contributed by atoms with Crippen LogP contribution < -0.4 is 5.32 Å². The Morgan fingerprint density at radius 3 is 2.40 bits per heavy atom. The number of anilines is 1. The number of benzene rings is 3. The Hall–Kier alpha value is -3.22. The summed E-state index contributed by atoms with van der Waals surface area (Å²) in [5.41, 5.74) is 3.35. The van der Waals surface area contributed by atoms with E-state index in [1.54, 1.807) is 6.07 Å². The molecular weight excluding hydrogens is 416 g/mol. The molecule has 150 valence electrons. The number of hydrogen-bond donors (Lipinski definition) is 1. The third-order valence-corrected chi connectivity index (χ3v) is 5.40. The quantitative estimate of drug-likeness (QED) is 0.411. The SMILES string of the molecule is Cc1ccccc1NC(=O)Cn1nc(-c2ccccc2Cl)n(-c2ccccc2)c1=S. The van der Waals surface area contributed by atoms with Crippen LogP contribution in [0.1, 0.15) is 5.56 Å². The Bertz CT molecular complexity index is 1260. The highest BCUT2D eigenvalue weighted by Crippen LogP contribution is 2.29. The zero-order valence-electron chi connectivity index (χ0n) is 16.2. The number of nitrogens with one attached hydrogen (secondary N) is 1. The number of halogens is 1. The van der Waals surface area contributed by atoms with Gasteiger partial charge in [-0.3, -0.25) is 9.36 Å². The lowest BCUT2D eigenvalue weighted by atomic mass is 10.2. The van der Waals surface area contributed by atoms with Gasteiger partial charge >= 0.3 is 0 Å². The number of nitrogens with zero attached hydrogens (tertiary/aromatic N) is 3. The van der Waals surface area contributed by atoms with Crippen LogP contribution in [0.4, 0.5) is 5.69 Å². The van der Waals surface area contributed by atoms with Gasteiger partial charge in [-0.15, -0.1) is 0 Å². The van der Waals surface area contributed by atoms with Crippen LogP contribution in [0, 0.1) is 11.7 Å². The lowest BCUT2D eigenvalue weighted by molar-refractivity contribution is -0.116. The van der Waals surface area contributed by atoms with E-state index in [9.17, 15) is 4.79 Å². The van der Waals surface area contributed by atoms with E-state index in [2.05, 4.69) is 10.4 Å². The zero-order chi connectivity index (χ0) is 21.1. The predicted octanol–water partition coefficient (Wildman–Crippen LogP) is 5.67. The third kappa shape index (κ3) is 4.06. The van der Waals surface area contributed by atoms with Crippen LogP contribution in [-0.4, -0.2) is 20.3 Å². The third-order valence-electron chi connectivity index (χ3n) is 4.68. The monoisotopic (exact) mass is 434 g/mol. The van der Waals surface area contributed by atoms with E-state index in [1.807, 2.05) is 84.3 Å². The van der Waals surface area contributed by atoms with E-state index < -0.39 is 0 Å². The molecule has 0 aliphatic heterocycles. The van der Waals surface area contributed by atoms with Crippen LogP contribution in [0.2, 0.25) is 5.02 Å². The van der Waals surface area contributed by atoms with Gasteiger partial charge in [0.15, 0.2) is 5.82 Å². The minimum absolute atomic E-state index is 0.00947. The van der Waals surface area contributed by atoms with Crippen LogP contribution in [0.3, 0.4) is 0 Å². The first-order chi connectivity index (χ1) is 14.5. The van der Waals surface area contributed by atoms with Crippen molar-refractivity contribution in [3.05, 3.63) is 94.2 Å². The molecule has 1 amide bonds. The number of carbonyl (C=O) groups is 1. The van der Waals surface area contributed by atoms with E-state index in [0.29, 0.717) is 15.6 Å². The summed E-state index contributed by atoms with van der Waals surface area (Å²) in [5.74, 6) is 0.379. The summed E-state index contributed by atoms with van der Waals surface area (Å²) in [6.45, 7) is 1.94. The van der Waals surface area contributed by atoms with E-state index in [-0.39, 0.29) is 12.5 Å². The second-order valence-corrected chi connectivity index (χ2v) is 7.55. The molecule has 0 aliphatic rings. The summed E-state index contributed by atoms with van der Waals surface area (Å²) in [5, 5.41) is 8.14. The maximum absolute atomic E-state index is 12.7. The van der Waals surface area contributed by atoms with Crippen LogP contribution in [0.25, 0.3) is 17.1 Å². The average Bonchev–Trinajstić information content (AvgIpc) is 3.06. The van der Waals surface area contributed by atoms with Crippen LogP contribution in [0.15, 0.2) is 78.9 Å². The molecule has 3 aromatic carbocycles. The number of rotatable bonds is 5. The van der Waals surface area contributed by atoms with Crippen molar-refractivity contribution in [3.8, 4) is 17.1 Å². The molecule has 0 unspecified atom stereocenters. The molecule has 0 fully saturated rings. The summed E-state index contributed by atoms with van der Waals surface area (Å²) in [6.07, 6.45) is 0. The first kappa shape index (κ1) is 20.1. The van der Waals surface area contributed by atoms with Gasteiger partial charge in [-0.25, -0.2) is 4.68 Å². The van der Waals surface area contributed by atoms with Crippen molar-refractivity contribution in [3.63, 3.8) is 0 Å². The van der Waals surface area contributed by atoms with E-state index in [0.717, 1.165) is 22.5 Å². The summed E-state index contributed by atoms with van der Waals surface area (Å²) in [7, 11) is 0. The van der Waals surface area contributed by atoms with Gasteiger partial charge in [0, 0.05) is 16.9 Å². The normalized spacial score (nSPS) is 10.7. The van der Waals surface area contributed by atoms with Gasteiger partial charge in [0.2, 0.25) is 10.7 Å². The Labute approximate surface area is 184 Å². The van der Waals surface area contributed by atoms with E-state index in [1.165, 1.54) is 4.68 Å². The topological polar surface area (TPSA) is 51.9 Å². The molecule has 1 aromatic heterocycles. The Kier molecular flexibility index (Phi) is 5.79. The Balaban J connectivity index is 1.75. The fourth-order valence-corrected chi connectivity index (χ4v) is 3.69. The highest BCUT2D eigenvalue weighted by Gasteiger charge is 2.18. The second kappa shape index (κ2) is 8.65. The molecule has 0 saturated heterocycles. The minimum atomic E-state index is -0.205. The lowest BCUT2D eigenvalue weighted by Gasteiger charge is -2.08. The number of amides is 1. The fourth-order valence-electron chi connectivity index (χ4n) is 3.18. The molecule has 0 spiro atoms. The molecule has 0 radical (unpaired) electrons. The van der Waals surface area contributed by atoms with Gasteiger partial charge in [-0.2, -0.15) is 5.10 Å². The largest absolute Gasteiger partial charge is 0.324 e. The summed E-state index contributed by atoms with van der Waals surface area (Å²) < 4.78 is 3.77. The number of carbonyl (C=O) groups excluding carboxylic acids is 1. The minimum Gasteiger partial charge on any atom is -0.324 e. The number of hydrogen-bond acceptors (Lipinski definition) is 3. The molecule has 1 N–H and O–H groups in total. The molecule has 0 saturated carbocycles. The van der Waals surface area contributed by atoms with Gasteiger partial charge in [-0.1, -0.05) is 60.1 Å². The number of para-hydroxylation sites is 2. The van der Waals surface area contributed by atoms with Gasteiger partial charge in [-0.05, 0) is 55.0 Å². The molecule has 30 heavy (non-hydrogen) atoms. The van der Waals surface area contributed by atoms with Crippen molar-refractivity contribution >= 4 is 35.4 Å². The maximum Gasteiger partial charge on any atom is 0.246 e. The standard InChI is InChI=1S/C23H19ClN4OS/c1-16-9-5-8-14-20(16)25-21(29)15-27-23(30)28(17-10-3-2-4-11-17)22(26-27)18-12-6-7-13-19(18)24/h2-14H,15H2,1H3,(H,25,29). The average molecular weight is 435 g/mol. The van der Waals surface area contributed by atoms with Crippen molar-refractivity contribution < 1.29 is 4.79 Å². The summed E-state index contributed by atoms with van der Waals surface area (Å²) in [6, 6.07) is 24.7. The molecule has 5 nitrogen and oxygen atoms in total. The maximum atomic E-state index is 12.7. The van der Waals surface area contributed by atoms with Crippen molar-refractivity contribution in [1.29, 1.82) is 0 Å². The molecule has 7 heteroatoms. The summed E-state index contributed by atoms with van der Waals surface area (Å²) in [4.78, 5) is 12.7. The van der Waals surface area contributed by atoms with Gasteiger partial charge in [0.05, 0.1) is 5.02 Å². The highest BCUT2D eigenvalue weighted by atomic mass is 35.5. The van der Waals surface area contributed by atoms with Gasteiger partial charge in [0.1, 0.15) is 6.54 Å². The smallest absolute Gasteiger partial charge is 0.246 e. The fraction of sp³-hybridized carbons (Fsp3) is 0.0870. The van der Waals surface area contributed by atoms with Gasteiger partial charge in [0.25, 0.3) is 0 Å². The van der Waals surface area contributed by atoms with Crippen molar-refractivity contribution in [2.75, 3.05) is 5.32 Å². The first-order valence-electron chi connectivity index (χ1n) is 9.40. The van der Waals surface area contributed by atoms with Crippen molar-refractivity contribution in [1.82, 2.24) is 14.3 Å². The molecular formula is C23H19ClN4OS. The predicted molar refractivity (Wildman–Crippen MR) is 123 cm³/mol. The van der Waals surface area contributed by atoms with Crippen molar-refractivity contribution in [2.45, 2.75) is 13.5 Å². The summed E-state index contributed by atoms with van der Waals surface area (Å²) >= 11 is 12.1. The van der Waals surface area contributed by atoms with Crippen LogP contribution in [-0.2, 0) is 11.3 Å². The highest BCUT2D eigenvalue weighted by molar-refractivity contribution is 7.71. The second-order valence-electron chi connectivity index (χ2n) is 6.78. The molecule has 0 bridgehead atoms. The number of aromatic nitrogens is 3. The molecule has 1 heterocycles. The molecule has 4 aromatic rings. The molecule has 4 rings (SSSR count). The Morgan fingerprint density at radius 1 is 1.00 bits per heavy atom. The Morgan fingerprint density at radius 2 is 1.67 bits per heavy atom. The zero-order valence-corrected chi connectivity index (χ0v) is 17.8. The van der Waals surface area contributed by atoms with E-state index in [4.69, 9.17) is 23.8 Å². The van der Waals surface area contributed by atoms with Gasteiger partial charge < -0.3 is 5.32 Å².